The lowest BCUT2D eigenvalue weighted by molar-refractivity contribution is 0.305. The van der Waals surface area contributed by atoms with Gasteiger partial charge in [-0.2, -0.15) is 0 Å². The normalized spacial score (nSPS) is 10.7. The molecule has 0 amide bonds. The Bertz CT molecular complexity index is 543. The molecule has 0 fully saturated rings. The molecule has 0 aromatic heterocycles. The van der Waals surface area contributed by atoms with Crippen LogP contribution in [0.25, 0.3) is 0 Å². The minimum absolute atomic E-state index is 0.0179. The molecule has 1 rings (SSSR count). The van der Waals surface area contributed by atoms with Crippen LogP contribution >= 0.6 is 11.6 Å². The Labute approximate surface area is 99.1 Å². The van der Waals surface area contributed by atoms with Gasteiger partial charge < -0.3 is 5.11 Å². The van der Waals surface area contributed by atoms with Crippen molar-refractivity contribution in [2.45, 2.75) is 11.3 Å². The summed E-state index contributed by atoms with van der Waals surface area (Å²) >= 11 is 5.75. The highest BCUT2D eigenvalue weighted by molar-refractivity contribution is 7.89. The third-order valence-corrected chi connectivity index (χ3v) is 3.10. The zero-order chi connectivity index (χ0) is 12.2. The van der Waals surface area contributed by atoms with Gasteiger partial charge in [-0.05, 0) is 18.2 Å². The number of hydrogen-bond donors (Lipinski definition) is 2. The molecule has 0 radical (unpaired) electrons. The maximum absolute atomic E-state index is 11.0. The average Bonchev–Trinajstić information content (AvgIpc) is 2.16. The van der Waals surface area contributed by atoms with Crippen LogP contribution in [-0.4, -0.2) is 20.1 Å². The molecular formula is C10H10ClNO3S. The molecule has 6 heteroatoms. The quantitative estimate of drug-likeness (QED) is 0.768. The van der Waals surface area contributed by atoms with Crippen LogP contribution in [0, 0.1) is 11.8 Å². The van der Waals surface area contributed by atoms with E-state index in [-0.39, 0.29) is 16.5 Å². The Hall–Kier alpha value is -1.06. The van der Waals surface area contributed by atoms with Crippen LogP contribution in [0.3, 0.4) is 0 Å². The van der Waals surface area contributed by atoms with Crippen LogP contribution in [0.5, 0.6) is 0 Å². The molecule has 0 unspecified atom stereocenters. The van der Waals surface area contributed by atoms with Gasteiger partial charge in [0.05, 0.1) is 11.6 Å². The maximum atomic E-state index is 11.0. The summed E-state index contributed by atoms with van der Waals surface area (Å²) in [6.07, 6.45) is 0.356. The lowest BCUT2D eigenvalue weighted by atomic mass is 10.2. The van der Waals surface area contributed by atoms with Crippen LogP contribution in [0.4, 0.5) is 0 Å². The lowest BCUT2D eigenvalue weighted by Crippen LogP contribution is -2.12. The molecule has 0 bridgehead atoms. The predicted molar refractivity (Wildman–Crippen MR) is 61.4 cm³/mol. The molecule has 86 valence electrons. The number of aliphatic hydroxyl groups is 1. The molecule has 0 heterocycles. The lowest BCUT2D eigenvalue weighted by Gasteiger charge is -2.01. The highest BCUT2D eigenvalue weighted by Gasteiger charge is 2.12. The van der Waals surface area contributed by atoms with Crippen LogP contribution in [0.15, 0.2) is 23.1 Å². The van der Waals surface area contributed by atoms with Crippen molar-refractivity contribution in [3.05, 3.63) is 28.8 Å². The zero-order valence-corrected chi connectivity index (χ0v) is 9.85. The Balaban J connectivity index is 3.07. The molecule has 0 aliphatic rings. The SMILES string of the molecule is NS(=O)(=O)c1ccc(C#CCCO)cc1Cl. The van der Waals surface area contributed by atoms with Gasteiger partial charge in [0.25, 0.3) is 0 Å². The average molecular weight is 260 g/mol. The van der Waals surface area contributed by atoms with E-state index in [9.17, 15) is 8.42 Å². The monoisotopic (exact) mass is 259 g/mol. The van der Waals surface area contributed by atoms with E-state index >= 15 is 0 Å². The van der Waals surface area contributed by atoms with Crippen LogP contribution < -0.4 is 5.14 Å². The molecule has 4 nitrogen and oxygen atoms in total. The Morgan fingerprint density at radius 1 is 1.44 bits per heavy atom. The molecule has 0 atom stereocenters. The Kier molecular flexibility index (Phi) is 4.33. The highest BCUT2D eigenvalue weighted by Crippen LogP contribution is 2.20. The first-order chi connectivity index (χ1) is 7.45. The van der Waals surface area contributed by atoms with Crippen LogP contribution in [0.1, 0.15) is 12.0 Å². The Morgan fingerprint density at radius 3 is 2.62 bits per heavy atom. The van der Waals surface area contributed by atoms with Crippen molar-refractivity contribution in [1.29, 1.82) is 0 Å². The van der Waals surface area contributed by atoms with E-state index in [0.29, 0.717) is 12.0 Å². The largest absolute Gasteiger partial charge is 0.395 e. The van der Waals surface area contributed by atoms with Gasteiger partial charge in [0, 0.05) is 12.0 Å². The minimum atomic E-state index is -3.80. The number of sulfonamides is 1. The summed E-state index contributed by atoms with van der Waals surface area (Å²) in [4.78, 5) is -0.123. The molecule has 0 saturated heterocycles. The fraction of sp³-hybridized carbons (Fsp3) is 0.200. The summed E-state index contributed by atoms with van der Waals surface area (Å²) < 4.78 is 22.1. The third kappa shape index (κ3) is 3.51. The number of rotatable bonds is 2. The summed E-state index contributed by atoms with van der Waals surface area (Å²) in [7, 11) is -3.80. The van der Waals surface area contributed by atoms with Crippen LogP contribution in [0.2, 0.25) is 5.02 Å². The number of halogens is 1. The Morgan fingerprint density at radius 2 is 2.12 bits per heavy atom. The van der Waals surface area contributed by atoms with E-state index in [4.69, 9.17) is 21.8 Å². The predicted octanol–water partition coefficient (Wildman–Crippen LogP) is 0.721. The summed E-state index contributed by atoms with van der Waals surface area (Å²) in [6, 6.07) is 4.24. The second-order valence-electron chi connectivity index (χ2n) is 2.97. The van der Waals surface area contributed by atoms with Crippen molar-refractivity contribution in [2.75, 3.05) is 6.61 Å². The number of benzene rings is 1. The van der Waals surface area contributed by atoms with E-state index in [2.05, 4.69) is 11.8 Å². The molecule has 1 aromatic carbocycles. The van der Waals surface area contributed by atoms with Crippen LogP contribution in [-0.2, 0) is 10.0 Å². The second kappa shape index (κ2) is 5.32. The summed E-state index contributed by atoms with van der Waals surface area (Å²) in [6.45, 7) is -0.0179. The van der Waals surface area contributed by atoms with Crippen molar-refractivity contribution >= 4 is 21.6 Å². The van der Waals surface area contributed by atoms with Gasteiger partial charge in [0.2, 0.25) is 10.0 Å². The summed E-state index contributed by atoms with van der Waals surface area (Å²) in [5.41, 5.74) is 0.575. The summed E-state index contributed by atoms with van der Waals surface area (Å²) in [5.74, 6) is 5.43. The summed E-state index contributed by atoms with van der Waals surface area (Å²) in [5, 5.41) is 13.5. The number of hydrogen-bond acceptors (Lipinski definition) is 3. The van der Waals surface area contributed by atoms with Crippen molar-refractivity contribution < 1.29 is 13.5 Å². The molecule has 0 spiro atoms. The van der Waals surface area contributed by atoms with Gasteiger partial charge in [-0.1, -0.05) is 23.4 Å². The molecule has 3 N–H and O–H groups in total. The molecule has 1 aromatic rings. The minimum Gasteiger partial charge on any atom is -0.395 e. The standard InChI is InChI=1S/C10H10ClNO3S/c11-9-7-8(3-1-2-6-13)4-5-10(9)16(12,14)15/h4-5,7,13H,2,6H2,(H2,12,14,15). The van der Waals surface area contributed by atoms with E-state index < -0.39 is 10.0 Å². The fourth-order valence-electron chi connectivity index (χ4n) is 1.03. The first-order valence-corrected chi connectivity index (χ1v) is 6.29. The van der Waals surface area contributed by atoms with Gasteiger partial charge in [-0.25, -0.2) is 13.6 Å². The topological polar surface area (TPSA) is 80.4 Å². The highest BCUT2D eigenvalue weighted by atomic mass is 35.5. The van der Waals surface area contributed by atoms with E-state index in [1.165, 1.54) is 18.2 Å². The fourth-order valence-corrected chi connectivity index (χ4v) is 2.12. The van der Waals surface area contributed by atoms with E-state index in [1.54, 1.807) is 0 Å². The third-order valence-electron chi connectivity index (χ3n) is 1.71. The van der Waals surface area contributed by atoms with Crippen molar-refractivity contribution in [2.24, 2.45) is 5.14 Å². The van der Waals surface area contributed by atoms with Crippen molar-refractivity contribution in [1.82, 2.24) is 0 Å². The number of aliphatic hydroxyl groups excluding tert-OH is 1. The van der Waals surface area contributed by atoms with Gasteiger partial charge in [0.15, 0.2) is 0 Å². The van der Waals surface area contributed by atoms with Crippen molar-refractivity contribution in [3.63, 3.8) is 0 Å². The molecule has 0 aliphatic heterocycles. The second-order valence-corrected chi connectivity index (χ2v) is 4.90. The van der Waals surface area contributed by atoms with E-state index in [1.807, 2.05) is 0 Å². The van der Waals surface area contributed by atoms with Gasteiger partial charge in [-0.3, -0.25) is 0 Å². The first-order valence-electron chi connectivity index (χ1n) is 4.37. The molecular weight excluding hydrogens is 250 g/mol. The molecule has 0 aliphatic carbocycles. The van der Waals surface area contributed by atoms with Gasteiger partial charge >= 0.3 is 0 Å². The zero-order valence-electron chi connectivity index (χ0n) is 8.27. The number of nitrogens with two attached hydrogens (primary N) is 1. The maximum Gasteiger partial charge on any atom is 0.239 e. The first kappa shape index (κ1) is 13.0. The number of primary sulfonamides is 1. The van der Waals surface area contributed by atoms with E-state index in [0.717, 1.165) is 0 Å². The molecule has 16 heavy (non-hydrogen) atoms. The van der Waals surface area contributed by atoms with Gasteiger partial charge in [0.1, 0.15) is 4.90 Å². The van der Waals surface area contributed by atoms with Crippen molar-refractivity contribution in [3.8, 4) is 11.8 Å². The smallest absolute Gasteiger partial charge is 0.239 e. The molecule has 0 saturated carbocycles. The van der Waals surface area contributed by atoms with Gasteiger partial charge in [-0.15, -0.1) is 0 Å².